The SMILES string of the molecule is CCn1cc(Nc2nc(C(=O)O)c(C)s2)cn1. The molecule has 90 valence electrons. The number of rotatable bonds is 4. The zero-order valence-electron chi connectivity index (χ0n) is 9.47. The van der Waals surface area contributed by atoms with E-state index in [-0.39, 0.29) is 5.69 Å². The molecule has 7 heteroatoms. The van der Waals surface area contributed by atoms with E-state index < -0.39 is 5.97 Å². The Morgan fingerprint density at radius 3 is 2.94 bits per heavy atom. The zero-order valence-corrected chi connectivity index (χ0v) is 10.3. The number of carbonyl (C=O) groups is 1. The van der Waals surface area contributed by atoms with Crippen LogP contribution >= 0.6 is 11.3 Å². The molecule has 0 spiro atoms. The number of carboxylic acid groups (broad SMARTS) is 1. The number of nitrogens with one attached hydrogen (secondary N) is 1. The van der Waals surface area contributed by atoms with E-state index >= 15 is 0 Å². The molecule has 0 amide bonds. The molecular formula is C10H12N4O2S. The molecule has 2 aromatic heterocycles. The van der Waals surface area contributed by atoms with Gasteiger partial charge in [-0.05, 0) is 13.8 Å². The highest BCUT2D eigenvalue weighted by Gasteiger charge is 2.14. The second-order valence-corrected chi connectivity index (χ2v) is 4.64. The Kier molecular flexibility index (Phi) is 3.10. The summed E-state index contributed by atoms with van der Waals surface area (Å²) >= 11 is 1.31. The van der Waals surface area contributed by atoms with Gasteiger partial charge in [0.1, 0.15) is 0 Å². The molecule has 17 heavy (non-hydrogen) atoms. The van der Waals surface area contributed by atoms with Gasteiger partial charge >= 0.3 is 5.97 Å². The number of anilines is 2. The lowest BCUT2D eigenvalue weighted by atomic mass is 10.4. The first-order valence-corrected chi connectivity index (χ1v) is 5.92. The standard InChI is InChI=1S/C10H12N4O2S/c1-3-14-5-7(4-11-14)12-10-13-8(9(15)16)6(2)17-10/h4-5H,3H2,1-2H3,(H,12,13)(H,15,16). The Morgan fingerprint density at radius 2 is 2.41 bits per heavy atom. The fraction of sp³-hybridized carbons (Fsp3) is 0.300. The minimum atomic E-state index is -1.00. The van der Waals surface area contributed by atoms with Crippen LogP contribution in [0.2, 0.25) is 0 Å². The minimum Gasteiger partial charge on any atom is -0.476 e. The third kappa shape index (κ3) is 2.44. The van der Waals surface area contributed by atoms with Crippen LogP contribution in [0.25, 0.3) is 0 Å². The van der Waals surface area contributed by atoms with E-state index in [1.54, 1.807) is 17.8 Å². The number of aromatic nitrogens is 3. The number of carboxylic acids is 1. The second-order valence-electron chi connectivity index (χ2n) is 3.44. The molecule has 0 saturated heterocycles. The first-order valence-electron chi connectivity index (χ1n) is 5.10. The maximum absolute atomic E-state index is 10.8. The Labute approximate surface area is 102 Å². The lowest BCUT2D eigenvalue weighted by molar-refractivity contribution is 0.0690. The van der Waals surface area contributed by atoms with Crippen molar-refractivity contribution < 1.29 is 9.90 Å². The smallest absolute Gasteiger partial charge is 0.355 e. The van der Waals surface area contributed by atoms with Gasteiger partial charge < -0.3 is 10.4 Å². The molecule has 0 aliphatic carbocycles. The number of hydrogen-bond donors (Lipinski definition) is 2. The largest absolute Gasteiger partial charge is 0.476 e. The molecule has 6 nitrogen and oxygen atoms in total. The summed E-state index contributed by atoms with van der Waals surface area (Å²) in [7, 11) is 0. The average Bonchev–Trinajstić information content (AvgIpc) is 2.85. The maximum Gasteiger partial charge on any atom is 0.355 e. The number of thiazole rings is 1. The number of nitrogens with zero attached hydrogens (tertiary/aromatic N) is 3. The van der Waals surface area contributed by atoms with Crippen LogP contribution in [0.3, 0.4) is 0 Å². The Hall–Kier alpha value is -1.89. The van der Waals surface area contributed by atoms with E-state index in [1.807, 2.05) is 13.1 Å². The van der Waals surface area contributed by atoms with E-state index in [0.717, 1.165) is 12.2 Å². The first-order chi connectivity index (χ1) is 8.10. The van der Waals surface area contributed by atoms with Crippen LogP contribution in [0.15, 0.2) is 12.4 Å². The fourth-order valence-corrected chi connectivity index (χ4v) is 2.20. The van der Waals surface area contributed by atoms with Crippen molar-refractivity contribution in [1.29, 1.82) is 0 Å². The van der Waals surface area contributed by atoms with Gasteiger partial charge in [-0.3, -0.25) is 4.68 Å². The van der Waals surface area contributed by atoms with Crippen molar-refractivity contribution in [3.05, 3.63) is 23.0 Å². The molecule has 2 aromatic rings. The molecule has 0 aliphatic heterocycles. The first kappa shape index (κ1) is 11.6. The topological polar surface area (TPSA) is 80.0 Å². The molecule has 0 fully saturated rings. The second kappa shape index (κ2) is 4.54. The van der Waals surface area contributed by atoms with Crippen molar-refractivity contribution in [3.63, 3.8) is 0 Å². The van der Waals surface area contributed by atoms with Crippen LogP contribution < -0.4 is 5.32 Å². The van der Waals surface area contributed by atoms with Crippen LogP contribution in [0.4, 0.5) is 10.8 Å². The average molecular weight is 252 g/mol. The molecular weight excluding hydrogens is 240 g/mol. The van der Waals surface area contributed by atoms with E-state index in [0.29, 0.717) is 10.0 Å². The number of aryl methyl sites for hydroxylation is 2. The summed E-state index contributed by atoms with van der Waals surface area (Å²) in [5.41, 5.74) is 0.901. The lowest BCUT2D eigenvalue weighted by Crippen LogP contribution is -1.99. The van der Waals surface area contributed by atoms with E-state index in [2.05, 4.69) is 15.4 Å². The highest BCUT2D eigenvalue weighted by molar-refractivity contribution is 7.15. The van der Waals surface area contributed by atoms with Crippen LogP contribution in [0.5, 0.6) is 0 Å². The van der Waals surface area contributed by atoms with Crippen molar-refractivity contribution in [3.8, 4) is 0 Å². The molecule has 0 atom stereocenters. The normalized spacial score (nSPS) is 10.5. The number of hydrogen-bond acceptors (Lipinski definition) is 5. The van der Waals surface area contributed by atoms with Gasteiger partial charge in [0.05, 0.1) is 11.9 Å². The summed E-state index contributed by atoms with van der Waals surface area (Å²) in [6.45, 7) is 4.52. The van der Waals surface area contributed by atoms with Crippen LogP contribution in [0.1, 0.15) is 22.3 Å². The van der Waals surface area contributed by atoms with Gasteiger partial charge in [-0.1, -0.05) is 0 Å². The summed E-state index contributed by atoms with van der Waals surface area (Å²) in [5, 5.41) is 16.6. The molecule has 0 radical (unpaired) electrons. The van der Waals surface area contributed by atoms with Gasteiger partial charge in [-0.15, -0.1) is 11.3 Å². The predicted molar refractivity (Wildman–Crippen MR) is 65.0 cm³/mol. The monoisotopic (exact) mass is 252 g/mol. The van der Waals surface area contributed by atoms with E-state index in [9.17, 15) is 4.79 Å². The van der Waals surface area contributed by atoms with Gasteiger partial charge in [-0.2, -0.15) is 5.10 Å². The van der Waals surface area contributed by atoms with Crippen molar-refractivity contribution in [1.82, 2.24) is 14.8 Å². The van der Waals surface area contributed by atoms with Gasteiger partial charge in [0, 0.05) is 17.6 Å². The summed E-state index contributed by atoms with van der Waals surface area (Å²) < 4.78 is 1.78. The minimum absolute atomic E-state index is 0.0976. The maximum atomic E-state index is 10.8. The van der Waals surface area contributed by atoms with Gasteiger partial charge in [-0.25, -0.2) is 9.78 Å². The summed E-state index contributed by atoms with van der Waals surface area (Å²) in [6.07, 6.45) is 3.53. The molecule has 2 rings (SSSR count). The van der Waals surface area contributed by atoms with Gasteiger partial charge in [0.25, 0.3) is 0 Å². The Morgan fingerprint density at radius 1 is 1.65 bits per heavy atom. The molecule has 0 saturated carbocycles. The van der Waals surface area contributed by atoms with Crippen molar-refractivity contribution in [2.75, 3.05) is 5.32 Å². The molecule has 0 bridgehead atoms. The predicted octanol–water partition coefficient (Wildman–Crippen LogP) is 2.11. The van der Waals surface area contributed by atoms with Gasteiger partial charge in [0.2, 0.25) is 0 Å². The molecule has 2 N–H and O–H groups in total. The molecule has 2 heterocycles. The van der Waals surface area contributed by atoms with E-state index in [4.69, 9.17) is 5.11 Å². The van der Waals surface area contributed by atoms with Crippen molar-refractivity contribution >= 4 is 28.1 Å². The third-order valence-corrected chi connectivity index (χ3v) is 3.09. The van der Waals surface area contributed by atoms with Crippen molar-refractivity contribution in [2.24, 2.45) is 0 Å². The van der Waals surface area contributed by atoms with Crippen LogP contribution in [-0.2, 0) is 6.54 Å². The van der Waals surface area contributed by atoms with Crippen LogP contribution in [-0.4, -0.2) is 25.8 Å². The Bertz CT molecular complexity index is 546. The zero-order chi connectivity index (χ0) is 12.4. The highest BCUT2D eigenvalue weighted by Crippen LogP contribution is 2.25. The third-order valence-electron chi connectivity index (χ3n) is 2.21. The Balaban J connectivity index is 2.18. The number of aromatic carboxylic acids is 1. The molecule has 0 unspecified atom stereocenters. The fourth-order valence-electron chi connectivity index (χ4n) is 1.37. The van der Waals surface area contributed by atoms with E-state index in [1.165, 1.54) is 11.3 Å². The summed E-state index contributed by atoms with van der Waals surface area (Å²) in [6, 6.07) is 0. The summed E-state index contributed by atoms with van der Waals surface area (Å²) in [4.78, 5) is 15.5. The molecule has 0 aliphatic rings. The lowest BCUT2D eigenvalue weighted by Gasteiger charge is -1.96. The van der Waals surface area contributed by atoms with Crippen molar-refractivity contribution in [2.45, 2.75) is 20.4 Å². The molecule has 0 aromatic carbocycles. The van der Waals surface area contributed by atoms with Gasteiger partial charge in [0.15, 0.2) is 10.8 Å². The van der Waals surface area contributed by atoms with Crippen LogP contribution in [0, 0.1) is 6.92 Å². The summed E-state index contributed by atoms with van der Waals surface area (Å²) in [5.74, 6) is -1.00. The highest BCUT2D eigenvalue weighted by atomic mass is 32.1. The quantitative estimate of drug-likeness (QED) is 0.871.